The Morgan fingerprint density at radius 3 is 2.65 bits per heavy atom. The zero-order valence-electron chi connectivity index (χ0n) is 14.0. The van der Waals surface area contributed by atoms with Crippen molar-refractivity contribution in [2.45, 2.75) is 6.92 Å². The summed E-state index contributed by atoms with van der Waals surface area (Å²) >= 11 is 1.65. The van der Waals surface area contributed by atoms with E-state index in [-0.39, 0.29) is 11.9 Å². The standard InChI is InChI=1S/C20H15N3O2S/c1-13-4-2-6-15(10-13)18(24)21-20-23-22-19(25-20)16-7-3-5-14(11-16)17-8-9-26-12-17/h2-12H,1H3,(H,21,23,24). The van der Waals surface area contributed by atoms with E-state index in [4.69, 9.17) is 4.42 Å². The highest BCUT2D eigenvalue weighted by atomic mass is 32.1. The predicted molar refractivity (Wildman–Crippen MR) is 102 cm³/mol. The molecule has 2 heterocycles. The number of rotatable bonds is 4. The van der Waals surface area contributed by atoms with Gasteiger partial charge in [0.1, 0.15) is 0 Å². The Hall–Kier alpha value is -3.25. The first-order chi connectivity index (χ1) is 12.7. The van der Waals surface area contributed by atoms with Crippen LogP contribution in [0.5, 0.6) is 0 Å². The van der Waals surface area contributed by atoms with Crippen LogP contribution in [0.2, 0.25) is 0 Å². The number of nitrogens with zero attached hydrogens (tertiary/aromatic N) is 2. The van der Waals surface area contributed by atoms with Gasteiger partial charge in [0.2, 0.25) is 5.89 Å². The molecule has 128 valence electrons. The molecule has 0 bridgehead atoms. The van der Waals surface area contributed by atoms with E-state index in [2.05, 4.69) is 27.0 Å². The van der Waals surface area contributed by atoms with Gasteiger partial charge in [0, 0.05) is 11.1 Å². The molecular formula is C20H15N3O2S. The van der Waals surface area contributed by atoms with Crippen LogP contribution in [0.3, 0.4) is 0 Å². The summed E-state index contributed by atoms with van der Waals surface area (Å²) in [6.45, 7) is 1.93. The molecule has 0 unspecified atom stereocenters. The van der Waals surface area contributed by atoms with Crippen molar-refractivity contribution in [2.75, 3.05) is 5.32 Å². The lowest BCUT2D eigenvalue weighted by molar-refractivity contribution is 0.102. The van der Waals surface area contributed by atoms with E-state index < -0.39 is 0 Å². The first kappa shape index (κ1) is 16.2. The minimum absolute atomic E-state index is 0.0763. The highest BCUT2D eigenvalue weighted by Gasteiger charge is 2.13. The highest BCUT2D eigenvalue weighted by molar-refractivity contribution is 7.08. The van der Waals surface area contributed by atoms with Crippen molar-refractivity contribution in [2.24, 2.45) is 0 Å². The van der Waals surface area contributed by atoms with Gasteiger partial charge in [-0.3, -0.25) is 10.1 Å². The van der Waals surface area contributed by atoms with Crippen LogP contribution >= 0.6 is 11.3 Å². The van der Waals surface area contributed by atoms with Crippen molar-refractivity contribution in [1.82, 2.24) is 10.2 Å². The Morgan fingerprint density at radius 1 is 1.00 bits per heavy atom. The lowest BCUT2D eigenvalue weighted by Gasteiger charge is -2.02. The summed E-state index contributed by atoms with van der Waals surface area (Å²) in [6, 6.07) is 17.3. The van der Waals surface area contributed by atoms with Crippen LogP contribution in [0.15, 0.2) is 69.8 Å². The molecule has 0 saturated heterocycles. The molecule has 0 saturated carbocycles. The van der Waals surface area contributed by atoms with Gasteiger partial charge in [0.05, 0.1) is 0 Å². The molecule has 6 heteroatoms. The molecule has 0 aliphatic rings. The van der Waals surface area contributed by atoms with Crippen LogP contribution in [-0.4, -0.2) is 16.1 Å². The van der Waals surface area contributed by atoms with E-state index in [0.29, 0.717) is 11.5 Å². The van der Waals surface area contributed by atoms with Crippen LogP contribution in [0.25, 0.3) is 22.6 Å². The van der Waals surface area contributed by atoms with Crippen molar-refractivity contribution in [3.8, 4) is 22.6 Å². The molecule has 0 atom stereocenters. The van der Waals surface area contributed by atoms with Crippen molar-refractivity contribution in [1.29, 1.82) is 0 Å². The van der Waals surface area contributed by atoms with E-state index in [1.165, 1.54) is 0 Å². The van der Waals surface area contributed by atoms with Crippen LogP contribution in [0.4, 0.5) is 6.01 Å². The molecule has 4 rings (SSSR count). The van der Waals surface area contributed by atoms with Gasteiger partial charge in [-0.05, 0) is 59.1 Å². The van der Waals surface area contributed by atoms with E-state index in [9.17, 15) is 4.79 Å². The molecule has 0 fully saturated rings. The number of amides is 1. The minimum atomic E-state index is -0.282. The van der Waals surface area contributed by atoms with E-state index in [1.54, 1.807) is 23.5 Å². The first-order valence-corrected chi connectivity index (χ1v) is 8.98. The Labute approximate surface area is 154 Å². The number of hydrogen-bond acceptors (Lipinski definition) is 5. The lowest BCUT2D eigenvalue weighted by Crippen LogP contribution is -2.12. The molecule has 0 aliphatic heterocycles. The quantitative estimate of drug-likeness (QED) is 0.554. The fraction of sp³-hybridized carbons (Fsp3) is 0.0500. The molecule has 1 amide bonds. The van der Waals surface area contributed by atoms with Gasteiger partial charge in [0.25, 0.3) is 5.91 Å². The largest absolute Gasteiger partial charge is 0.403 e. The van der Waals surface area contributed by atoms with Crippen molar-refractivity contribution in [3.05, 3.63) is 76.5 Å². The van der Waals surface area contributed by atoms with Gasteiger partial charge < -0.3 is 4.42 Å². The third kappa shape index (κ3) is 3.41. The molecule has 1 N–H and O–H groups in total. The Balaban J connectivity index is 1.55. The number of benzene rings is 2. The zero-order chi connectivity index (χ0) is 17.9. The van der Waals surface area contributed by atoms with Crippen molar-refractivity contribution >= 4 is 23.3 Å². The molecule has 2 aromatic heterocycles. The average molecular weight is 361 g/mol. The second-order valence-corrected chi connectivity index (χ2v) is 6.61. The second kappa shape index (κ2) is 6.93. The molecule has 0 spiro atoms. The van der Waals surface area contributed by atoms with Gasteiger partial charge in [-0.1, -0.05) is 34.9 Å². The Morgan fingerprint density at radius 2 is 1.85 bits per heavy atom. The van der Waals surface area contributed by atoms with Crippen LogP contribution in [0.1, 0.15) is 15.9 Å². The fourth-order valence-corrected chi connectivity index (χ4v) is 3.27. The maximum Gasteiger partial charge on any atom is 0.322 e. The van der Waals surface area contributed by atoms with Crippen LogP contribution < -0.4 is 5.32 Å². The van der Waals surface area contributed by atoms with Gasteiger partial charge in [-0.25, -0.2) is 0 Å². The summed E-state index contributed by atoms with van der Waals surface area (Å²) in [7, 11) is 0. The second-order valence-electron chi connectivity index (χ2n) is 5.83. The average Bonchev–Trinajstić information content (AvgIpc) is 3.34. The molecule has 0 radical (unpaired) electrons. The monoisotopic (exact) mass is 361 g/mol. The summed E-state index contributed by atoms with van der Waals surface area (Å²) < 4.78 is 5.61. The summed E-state index contributed by atoms with van der Waals surface area (Å²) in [6.07, 6.45) is 0. The Kier molecular flexibility index (Phi) is 4.33. The number of aryl methyl sites for hydroxylation is 1. The number of carbonyl (C=O) groups excluding carboxylic acids is 1. The zero-order valence-corrected chi connectivity index (χ0v) is 14.8. The summed E-state index contributed by atoms with van der Waals surface area (Å²) in [5.41, 5.74) is 4.58. The SMILES string of the molecule is Cc1cccc(C(=O)Nc2nnc(-c3cccc(-c4ccsc4)c3)o2)c1. The summed E-state index contributed by atoms with van der Waals surface area (Å²) in [4.78, 5) is 12.3. The molecule has 26 heavy (non-hydrogen) atoms. The van der Waals surface area contributed by atoms with Crippen molar-refractivity contribution < 1.29 is 9.21 Å². The maximum absolute atomic E-state index is 12.3. The van der Waals surface area contributed by atoms with Crippen LogP contribution in [0, 0.1) is 6.92 Å². The topological polar surface area (TPSA) is 68.0 Å². The normalized spacial score (nSPS) is 10.7. The van der Waals surface area contributed by atoms with Crippen molar-refractivity contribution in [3.63, 3.8) is 0 Å². The number of anilines is 1. The minimum Gasteiger partial charge on any atom is -0.403 e. The maximum atomic E-state index is 12.3. The molecular weight excluding hydrogens is 346 g/mol. The predicted octanol–water partition coefficient (Wildman–Crippen LogP) is 5.03. The molecule has 5 nitrogen and oxygen atoms in total. The van der Waals surface area contributed by atoms with E-state index in [0.717, 1.165) is 22.3 Å². The smallest absolute Gasteiger partial charge is 0.322 e. The number of carbonyl (C=O) groups is 1. The summed E-state index contributed by atoms with van der Waals surface area (Å²) in [5.74, 6) is 0.0811. The van der Waals surface area contributed by atoms with E-state index in [1.807, 2.05) is 48.7 Å². The summed E-state index contributed by atoms with van der Waals surface area (Å²) in [5, 5.41) is 14.7. The number of aromatic nitrogens is 2. The van der Waals surface area contributed by atoms with Gasteiger partial charge in [-0.15, -0.1) is 5.10 Å². The number of hydrogen-bond donors (Lipinski definition) is 1. The Bertz CT molecular complexity index is 1050. The lowest BCUT2D eigenvalue weighted by atomic mass is 10.1. The molecule has 0 aliphatic carbocycles. The van der Waals surface area contributed by atoms with Gasteiger partial charge >= 0.3 is 6.01 Å². The third-order valence-corrected chi connectivity index (χ3v) is 4.57. The van der Waals surface area contributed by atoms with Gasteiger partial charge in [0.15, 0.2) is 0 Å². The number of thiophene rings is 1. The fourth-order valence-electron chi connectivity index (χ4n) is 2.61. The van der Waals surface area contributed by atoms with Gasteiger partial charge in [-0.2, -0.15) is 11.3 Å². The highest BCUT2D eigenvalue weighted by Crippen LogP contribution is 2.27. The molecule has 2 aromatic carbocycles. The van der Waals surface area contributed by atoms with Crippen LogP contribution in [-0.2, 0) is 0 Å². The first-order valence-electron chi connectivity index (χ1n) is 8.03. The molecule has 4 aromatic rings. The third-order valence-electron chi connectivity index (χ3n) is 3.89. The number of nitrogens with one attached hydrogen (secondary N) is 1. The van der Waals surface area contributed by atoms with E-state index >= 15 is 0 Å².